The van der Waals surface area contributed by atoms with Crippen LogP contribution in [-0.4, -0.2) is 28.4 Å². The number of fused-ring (bicyclic) bond motifs is 1. The number of nitrogens with zero attached hydrogens (tertiary/aromatic N) is 1. The predicted molar refractivity (Wildman–Crippen MR) is 114 cm³/mol. The van der Waals surface area contributed by atoms with Crippen molar-refractivity contribution in [2.45, 2.75) is 38.8 Å². The van der Waals surface area contributed by atoms with E-state index < -0.39 is 0 Å². The summed E-state index contributed by atoms with van der Waals surface area (Å²) in [7, 11) is 0. The number of rotatable bonds is 6. The molecule has 0 fully saturated rings. The van der Waals surface area contributed by atoms with Crippen molar-refractivity contribution in [3.05, 3.63) is 83.2 Å². The fourth-order valence-corrected chi connectivity index (χ4v) is 4.03. The summed E-state index contributed by atoms with van der Waals surface area (Å²) in [5, 5.41) is 4.17. The minimum Gasteiger partial charge on any atom is -0.351 e. The summed E-state index contributed by atoms with van der Waals surface area (Å²) in [6.45, 7) is 3.08. The van der Waals surface area contributed by atoms with E-state index in [2.05, 4.69) is 16.4 Å². The second-order valence-electron chi connectivity index (χ2n) is 7.65. The monoisotopic (exact) mass is 409 g/mol. The number of H-pyrrole nitrogens is 1. The van der Waals surface area contributed by atoms with Crippen LogP contribution in [-0.2, 0) is 6.54 Å². The smallest absolute Gasteiger partial charge is 0.274 e. The molecule has 0 saturated heterocycles. The highest BCUT2D eigenvalue weighted by molar-refractivity contribution is 5.98. The minimum absolute atomic E-state index is 0.119. The number of aromatic amines is 1. The maximum absolute atomic E-state index is 13.5. The number of halogens is 2. The Morgan fingerprint density at radius 2 is 2.00 bits per heavy atom. The van der Waals surface area contributed by atoms with Gasteiger partial charge in [0.15, 0.2) is 0 Å². The molecule has 0 spiro atoms. The number of amides is 1. The molecular weight excluding hydrogens is 384 g/mol. The highest BCUT2D eigenvalue weighted by Gasteiger charge is 2.24. The summed E-state index contributed by atoms with van der Waals surface area (Å²) in [6, 6.07) is 12.9. The summed E-state index contributed by atoms with van der Waals surface area (Å²) in [4.78, 5) is 18.0. The summed E-state index contributed by atoms with van der Waals surface area (Å²) in [6.07, 6.45) is 4.68. The Balaban J connectivity index is 1.45. The lowest BCUT2D eigenvalue weighted by Gasteiger charge is -2.31. The molecule has 1 aromatic heterocycles. The first-order valence-corrected chi connectivity index (χ1v) is 10.3. The minimum atomic E-state index is -0.324. The number of carbonyl (C=O) groups is 1. The van der Waals surface area contributed by atoms with Crippen molar-refractivity contribution in [1.82, 2.24) is 15.2 Å². The van der Waals surface area contributed by atoms with E-state index in [0.29, 0.717) is 24.2 Å². The Kier molecular flexibility index (Phi) is 5.95. The zero-order valence-corrected chi connectivity index (χ0v) is 16.9. The van der Waals surface area contributed by atoms with Crippen LogP contribution in [0.15, 0.2) is 60.3 Å². The average molecular weight is 409 g/mol. The maximum atomic E-state index is 13.5. The highest BCUT2D eigenvalue weighted by atomic mass is 19.1. The number of hydrogen-bond acceptors (Lipinski definition) is 2. The van der Waals surface area contributed by atoms with E-state index in [1.54, 1.807) is 23.1 Å². The molecule has 1 atom stereocenters. The van der Waals surface area contributed by atoms with Crippen LogP contribution in [0.25, 0.3) is 10.9 Å². The normalized spacial score (nSPS) is 16.5. The van der Waals surface area contributed by atoms with Gasteiger partial charge in [-0.15, -0.1) is 0 Å². The van der Waals surface area contributed by atoms with E-state index in [9.17, 15) is 13.6 Å². The Morgan fingerprint density at radius 3 is 2.80 bits per heavy atom. The molecule has 30 heavy (non-hydrogen) atoms. The van der Waals surface area contributed by atoms with Crippen LogP contribution in [0.2, 0.25) is 0 Å². The summed E-state index contributed by atoms with van der Waals surface area (Å²) in [5.74, 6) is -0.680. The van der Waals surface area contributed by atoms with Crippen molar-refractivity contribution < 1.29 is 13.6 Å². The molecule has 0 aliphatic heterocycles. The Bertz CT molecular complexity index is 1090. The topological polar surface area (TPSA) is 48.1 Å². The second kappa shape index (κ2) is 8.79. The van der Waals surface area contributed by atoms with Crippen molar-refractivity contribution >= 4 is 16.8 Å². The van der Waals surface area contributed by atoms with Gasteiger partial charge in [0.25, 0.3) is 5.91 Å². The number of allylic oxidation sites excluding steroid dienone is 1. The third-order valence-electron chi connectivity index (χ3n) is 5.56. The van der Waals surface area contributed by atoms with Crippen molar-refractivity contribution in [3.8, 4) is 0 Å². The van der Waals surface area contributed by atoms with Crippen LogP contribution < -0.4 is 5.32 Å². The molecule has 4 rings (SSSR count). The van der Waals surface area contributed by atoms with E-state index in [0.717, 1.165) is 36.0 Å². The van der Waals surface area contributed by atoms with Gasteiger partial charge in [-0.3, -0.25) is 4.79 Å². The van der Waals surface area contributed by atoms with Gasteiger partial charge in [0.05, 0.1) is 0 Å². The number of hydrogen-bond donors (Lipinski definition) is 2. The standard InChI is InChI=1S/C24H25F2N3O/c1-2-29(24(30)23-13-17-12-19(26)9-10-22(17)28-23)21-8-4-7-20(14-21)27-15-16-5-3-6-18(25)11-16/h3,5-6,8-13,20,27-28H,2,4,7,14-15H2,1H3/t20-/m1/s1. The van der Waals surface area contributed by atoms with E-state index in [-0.39, 0.29) is 23.6 Å². The Labute approximate surface area is 174 Å². The van der Waals surface area contributed by atoms with E-state index in [1.807, 2.05) is 13.0 Å². The molecule has 4 nitrogen and oxygen atoms in total. The second-order valence-corrected chi connectivity index (χ2v) is 7.65. The maximum Gasteiger partial charge on any atom is 0.274 e. The van der Waals surface area contributed by atoms with Gasteiger partial charge in [-0.05, 0) is 61.7 Å². The molecular formula is C24H25F2N3O. The zero-order chi connectivity index (χ0) is 21.1. The highest BCUT2D eigenvalue weighted by Crippen LogP contribution is 2.25. The Hall–Kier alpha value is -2.99. The summed E-state index contributed by atoms with van der Waals surface area (Å²) in [5.41, 5.74) is 3.08. The third kappa shape index (κ3) is 4.44. The first-order valence-electron chi connectivity index (χ1n) is 10.3. The van der Waals surface area contributed by atoms with Crippen molar-refractivity contribution in [2.24, 2.45) is 0 Å². The van der Waals surface area contributed by atoms with Gasteiger partial charge in [-0.1, -0.05) is 18.2 Å². The molecule has 1 amide bonds. The summed E-state index contributed by atoms with van der Waals surface area (Å²) >= 11 is 0. The first kappa shape index (κ1) is 20.3. The zero-order valence-electron chi connectivity index (χ0n) is 16.9. The first-order chi connectivity index (χ1) is 14.5. The molecule has 1 aliphatic rings. The quantitative estimate of drug-likeness (QED) is 0.593. The van der Waals surface area contributed by atoms with Crippen LogP contribution in [0.1, 0.15) is 42.2 Å². The molecule has 156 valence electrons. The SMILES string of the molecule is CCN(C(=O)c1cc2cc(F)ccc2[nH]1)C1=CCC[C@@H](NCc2cccc(F)c2)C1. The third-order valence-corrected chi connectivity index (χ3v) is 5.56. The van der Waals surface area contributed by atoms with Crippen LogP contribution in [0.3, 0.4) is 0 Å². The molecule has 2 aromatic carbocycles. The molecule has 3 aromatic rings. The number of benzene rings is 2. The van der Waals surface area contributed by atoms with E-state index >= 15 is 0 Å². The van der Waals surface area contributed by atoms with Gasteiger partial charge in [-0.2, -0.15) is 0 Å². The number of carbonyl (C=O) groups excluding carboxylic acids is 1. The lowest BCUT2D eigenvalue weighted by molar-refractivity contribution is 0.0797. The lowest BCUT2D eigenvalue weighted by Crippen LogP contribution is -2.37. The molecule has 2 N–H and O–H groups in total. The van der Waals surface area contributed by atoms with Crippen LogP contribution in [0.5, 0.6) is 0 Å². The summed E-state index contributed by atoms with van der Waals surface area (Å²) < 4.78 is 26.9. The van der Waals surface area contributed by atoms with Crippen LogP contribution in [0, 0.1) is 11.6 Å². The lowest BCUT2D eigenvalue weighted by atomic mass is 9.97. The van der Waals surface area contributed by atoms with Crippen molar-refractivity contribution in [1.29, 1.82) is 0 Å². The van der Waals surface area contributed by atoms with Crippen molar-refractivity contribution in [3.63, 3.8) is 0 Å². The molecule has 0 radical (unpaired) electrons. The number of aromatic nitrogens is 1. The Morgan fingerprint density at radius 1 is 1.17 bits per heavy atom. The van der Waals surface area contributed by atoms with Gasteiger partial charge in [-0.25, -0.2) is 8.78 Å². The van der Waals surface area contributed by atoms with Gasteiger partial charge < -0.3 is 15.2 Å². The molecule has 0 bridgehead atoms. The van der Waals surface area contributed by atoms with Crippen LogP contribution >= 0.6 is 0 Å². The van der Waals surface area contributed by atoms with Crippen LogP contribution in [0.4, 0.5) is 8.78 Å². The van der Waals surface area contributed by atoms with E-state index in [1.165, 1.54) is 24.3 Å². The van der Waals surface area contributed by atoms with Gasteiger partial charge in [0.2, 0.25) is 0 Å². The fraction of sp³-hybridized carbons (Fsp3) is 0.292. The van der Waals surface area contributed by atoms with Gasteiger partial charge >= 0.3 is 0 Å². The molecule has 0 saturated carbocycles. The predicted octanol–water partition coefficient (Wildman–Crippen LogP) is 5.13. The van der Waals surface area contributed by atoms with Crippen molar-refractivity contribution in [2.75, 3.05) is 6.54 Å². The molecule has 1 heterocycles. The van der Waals surface area contributed by atoms with E-state index in [4.69, 9.17) is 0 Å². The molecule has 1 aliphatic carbocycles. The molecule has 0 unspecified atom stereocenters. The van der Waals surface area contributed by atoms with Gasteiger partial charge in [0, 0.05) is 42.2 Å². The number of nitrogens with one attached hydrogen (secondary N) is 2. The fourth-order valence-electron chi connectivity index (χ4n) is 4.03. The average Bonchev–Trinajstić information content (AvgIpc) is 3.16. The van der Waals surface area contributed by atoms with Gasteiger partial charge in [0.1, 0.15) is 17.3 Å². The largest absolute Gasteiger partial charge is 0.351 e. The molecule has 6 heteroatoms.